The van der Waals surface area contributed by atoms with Gasteiger partial charge in [0.25, 0.3) is 15.9 Å². The van der Waals surface area contributed by atoms with Crippen molar-refractivity contribution in [3.63, 3.8) is 0 Å². The quantitative estimate of drug-likeness (QED) is 0.631. The van der Waals surface area contributed by atoms with Crippen molar-refractivity contribution in [2.24, 2.45) is 4.99 Å². The van der Waals surface area contributed by atoms with Crippen LogP contribution in [0.25, 0.3) is 0 Å². The van der Waals surface area contributed by atoms with Gasteiger partial charge in [-0.1, -0.05) is 48.3 Å². The fourth-order valence-electron chi connectivity index (χ4n) is 2.43. The number of nitrogens with one attached hydrogen (secondary N) is 2. The van der Waals surface area contributed by atoms with Gasteiger partial charge in [-0.25, -0.2) is 8.42 Å². The minimum atomic E-state index is -3.84. The molecule has 1 amide bonds. The van der Waals surface area contributed by atoms with Crippen LogP contribution in [-0.2, 0) is 10.0 Å². The Hall–Kier alpha value is -1.74. The minimum Gasteiger partial charge on any atom is -0.322 e. The van der Waals surface area contributed by atoms with Gasteiger partial charge in [-0.15, -0.1) is 0 Å². The SMILES string of the molecule is CCCCN=C1NS(=O)(=O)c2cc(C(=O)Nc3ccc(Cl)cc3)c(Cl)cc2S1. The fraction of sp³-hybridized carbons (Fsp3) is 0.222. The summed E-state index contributed by atoms with van der Waals surface area (Å²) in [4.78, 5) is 17.3. The molecule has 1 heterocycles. The molecule has 3 rings (SSSR count). The maximum Gasteiger partial charge on any atom is 0.264 e. The number of rotatable bonds is 5. The van der Waals surface area contributed by atoms with Gasteiger partial charge in [0, 0.05) is 22.2 Å². The molecule has 0 spiro atoms. The van der Waals surface area contributed by atoms with Crippen molar-refractivity contribution in [2.45, 2.75) is 29.6 Å². The van der Waals surface area contributed by atoms with Crippen LogP contribution in [-0.4, -0.2) is 26.0 Å². The van der Waals surface area contributed by atoms with Crippen LogP contribution in [0.15, 0.2) is 51.2 Å². The highest BCUT2D eigenvalue weighted by atomic mass is 35.5. The van der Waals surface area contributed by atoms with E-state index >= 15 is 0 Å². The zero-order valence-electron chi connectivity index (χ0n) is 14.8. The standard InChI is InChI=1S/C18H17Cl2N3O3S2/c1-2-3-8-21-18-23-28(25,26)16-9-13(14(20)10-15(16)27-18)17(24)22-12-6-4-11(19)5-7-12/h4-7,9-10H,2-3,8H2,1H3,(H,21,23)(H,22,24). The molecule has 10 heteroatoms. The van der Waals surface area contributed by atoms with Gasteiger partial charge in [0.1, 0.15) is 4.90 Å². The molecule has 1 aliphatic heterocycles. The molecular weight excluding hydrogens is 441 g/mol. The molecule has 0 saturated heterocycles. The number of unbranched alkanes of at least 4 members (excludes halogenated alkanes) is 1. The Labute approximate surface area is 177 Å². The van der Waals surface area contributed by atoms with Crippen molar-refractivity contribution in [3.8, 4) is 0 Å². The summed E-state index contributed by atoms with van der Waals surface area (Å²) in [5, 5.41) is 3.67. The molecule has 0 aromatic heterocycles. The van der Waals surface area contributed by atoms with E-state index in [0.29, 0.717) is 27.3 Å². The Balaban J connectivity index is 1.90. The number of carbonyl (C=O) groups excluding carboxylic acids is 1. The number of nitrogens with zero attached hydrogens (tertiary/aromatic N) is 1. The topological polar surface area (TPSA) is 87.6 Å². The number of amidine groups is 1. The number of aliphatic imine (C=N–C) groups is 1. The average molecular weight is 458 g/mol. The highest BCUT2D eigenvalue weighted by molar-refractivity contribution is 8.16. The van der Waals surface area contributed by atoms with Crippen molar-refractivity contribution < 1.29 is 13.2 Å². The Bertz CT molecular complexity index is 1040. The van der Waals surface area contributed by atoms with Gasteiger partial charge in [0.05, 0.1) is 10.6 Å². The number of hydrogen-bond acceptors (Lipinski definition) is 5. The Morgan fingerprint density at radius 2 is 1.93 bits per heavy atom. The maximum atomic E-state index is 12.6. The molecule has 2 aromatic rings. The smallest absolute Gasteiger partial charge is 0.264 e. The zero-order chi connectivity index (χ0) is 20.3. The number of thioether (sulfide) groups is 1. The van der Waals surface area contributed by atoms with Gasteiger partial charge in [0.15, 0.2) is 5.17 Å². The van der Waals surface area contributed by atoms with Gasteiger partial charge in [0.2, 0.25) is 0 Å². The molecule has 0 saturated carbocycles. The normalized spacial score (nSPS) is 16.3. The van der Waals surface area contributed by atoms with E-state index in [1.807, 2.05) is 6.92 Å². The lowest BCUT2D eigenvalue weighted by Crippen LogP contribution is -2.33. The number of amides is 1. The summed E-state index contributed by atoms with van der Waals surface area (Å²) in [7, 11) is -3.84. The van der Waals surface area contributed by atoms with Gasteiger partial charge in [-0.2, -0.15) is 0 Å². The number of hydrogen-bond donors (Lipinski definition) is 2. The lowest BCUT2D eigenvalue weighted by Gasteiger charge is -2.20. The summed E-state index contributed by atoms with van der Waals surface area (Å²) in [5.74, 6) is -0.516. The van der Waals surface area contributed by atoms with Gasteiger partial charge >= 0.3 is 0 Å². The third-order valence-electron chi connectivity index (χ3n) is 3.87. The molecule has 1 aliphatic rings. The summed E-state index contributed by atoms with van der Waals surface area (Å²) in [6, 6.07) is 9.30. The van der Waals surface area contributed by atoms with E-state index in [-0.39, 0.29) is 15.5 Å². The third-order valence-corrected chi connectivity index (χ3v) is 7.05. The van der Waals surface area contributed by atoms with Crippen LogP contribution in [0.5, 0.6) is 0 Å². The fourth-order valence-corrected chi connectivity index (χ4v) is 5.52. The Morgan fingerprint density at radius 3 is 2.61 bits per heavy atom. The molecule has 0 fully saturated rings. The number of benzene rings is 2. The van der Waals surface area contributed by atoms with Crippen molar-refractivity contribution in [2.75, 3.05) is 11.9 Å². The van der Waals surface area contributed by atoms with Gasteiger partial charge < -0.3 is 5.32 Å². The molecule has 0 radical (unpaired) electrons. The van der Waals surface area contributed by atoms with Gasteiger partial charge in [-0.05, 0) is 42.8 Å². The van der Waals surface area contributed by atoms with E-state index < -0.39 is 15.9 Å². The van der Waals surface area contributed by atoms with Crippen LogP contribution in [0.4, 0.5) is 5.69 Å². The maximum absolute atomic E-state index is 12.6. The summed E-state index contributed by atoms with van der Waals surface area (Å²) in [6.45, 7) is 2.57. The summed E-state index contributed by atoms with van der Waals surface area (Å²) in [5.41, 5.74) is 0.580. The molecular formula is C18H17Cl2N3O3S2. The summed E-state index contributed by atoms with van der Waals surface area (Å²) < 4.78 is 27.7. The summed E-state index contributed by atoms with van der Waals surface area (Å²) in [6.07, 6.45) is 1.83. The second-order valence-electron chi connectivity index (χ2n) is 5.99. The van der Waals surface area contributed by atoms with Crippen LogP contribution in [0, 0.1) is 0 Å². The molecule has 2 N–H and O–H groups in total. The molecule has 0 atom stereocenters. The molecule has 2 aromatic carbocycles. The first-order valence-electron chi connectivity index (χ1n) is 8.45. The van der Waals surface area contributed by atoms with E-state index in [1.54, 1.807) is 24.3 Å². The number of anilines is 1. The average Bonchev–Trinajstić information content (AvgIpc) is 2.62. The van der Waals surface area contributed by atoms with Gasteiger partial charge in [-0.3, -0.25) is 14.5 Å². The van der Waals surface area contributed by atoms with Crippen molar-refractivity contribution in [1.82, 2.24) is 4.72 Å². The second-order valence-corrected chi connectivity index (χ2v) is 9.51. The Kier molecular flexibility index (Phi) is 6.54. The zero-order valence-corrected chi connectivity index (χ0v) is 18.0. The van der Waals surface area contributed by atoms with E-state index in [9.17, 15) is 13.2 Å². The van der Waals surface area contributed by atoms with Crippen LogP contribution >= 0.6 is 35.0 Å². The van der Waals surface area contributed by atoms with E-state index in [2.05, 4.69) is 15.0 Å². The largest absolute Gasteiger partial charge is 0.322 e. The molecule has 0 aliphatic carbocycles. The van der Waals surface area contributed by atoms with Crippen LogP contribution in [0.3, 0.4) is 0 Å². The monoisotopic (exact) mass is 457 g/mol. The molecule has 0 bridgehead atoms. The highest BCUT2D eigenvalue weighted by Crippen LogP contribution is 2.36. The summed E-state index contributed by atoms with van der Waals surface area (Å²) >= 11 is 13.3. The predicted molar refractivity (Wildman–Crippen MR) is 114 cm³/mol. The van der Waals surface area contributed by atoms with Crippen LogP contribution < -0.4 is 10.0 Å². The first kappa shape index (κ1) is 21.0. The second kappa shape index (κ2) is 8.73. The Morgan fingerprint density at radius 1 is 1.21 bits per heavy atom. The van der Waals surface area contributed by atoms with E-state index in [4.69, 9.17) is 23.2 Å². The van der Waals surface area contributed by atoms with Crippen molar-refractivity contribution in [1.29, 1.82) is 0 Å². The lowest BCUT2D eigenvalue weighted by atomic mass is 10.2. The lowest BCUT2D eigenvalue weighted by molar-refractivity contribution is 0.102. The van der Waals surface area contributed by atoms with E-state index in [0.717, 1.165) is 12.8 Å². The number of halogens is 2. The molecule has 28 heavy (non-hydrogen) atoms. The molecule has 148 valence electrons. The molecule has 0 unspecified atom stereocenters. The highest BCUT2D eigenvalue weighted by Gasteiger charge is 2.30. The first-order chi connectivity index (χ1) is 13.3. The number of sulfonamides is 1. The predicted octanol–water partition coefficient (Wildman–Crippen LogP) is 4.79. The van der Waals surface area contributed by atoms with Crippen molar-refractivity contribution in [3.05, 3.63) is 52.0 Å². The van der Waals surface area contributed by atoms with Crippen LogP contribution in [0.2, 0.25) is 10.0 Å². The number of fused-ring (bicyclic) bond motifs is 1. The third kappa shape index (κ3) is 4.81. The molecule has 6 nitrogen and oxygen atoms in total. The number of carbonyl (C=O) groups is 1. The van der Waals surface area contributed by atoms with E-state index in [1.165, 1.54) is 23.9 Å². The first-order valence-corrected chi connectivity index (χ1v) is 11.5. The van der Waals surface area contributed by atoms with Crippen LogP contribution in [0.1, 0.15) is 30.1 Å². The minimum absolute atomic E-state index is 0.00222. The van der Waals surface area contributed by atoms with Crippen molar-refractivity contribution >= 4 is 61.7 Å².